The van der Waals surface area contributed by atoms with Gasteiger partial charge in [-0.1, -0.05) is 20.8 Å². The zero-order valence-electron chi connectivity index (χ0n) is 22.2. The quantitative estimate of drug-likeness (QED) is 0.206. The lowest BCUT2D eigenvalue weighted by Gasteiger charge is -2.63. The van der Waals surface area contributed by atoms with Crippen LogP contribution in [0.2, 0.25) is 0 Å². The highest BCUT2D eigenvalue weighted by molar-refractivity contribution is 7.85. The van der Waals surface area contributed by atoms with Gasteiger partial charge in [-0.25, -0.2) is 0 Å². The Bertz CT molecular complexity index is 978. The Kier molecular flexibility index (Phi) is 8.15. The maximum absolute atomic E-state index is 12.5. The first-order valence-electron chi connectivity index (χ1n) is 13.8. The molecule has 0 bridgehead atoms. The molecule has 4 aliphatic carbocycles. The molecule has 0 aliphatic heterocycles. The molecule has 212 valence electrons. The highest BCUT2D eigenvalue weighted by atomic mass is 32.2. The molecule has 37 heavy (non-hydrogen) atoms. The molecule has 11 atom stereocenters. The van der Waals surface area contributed by atoms with Crippen molar-refractivity contribution in [3.8, 4) is 0 Å². The summed E-state index contributed by atoms with van der Waals surface area (Å²) in [5.41, 5.74) is -0.384. The molecule has 4 aliphatic rings. The van der Waals surface area contributed by atoms with Crippen molar-refractivity contribution < 1.29 is 33.1 Å². The van der Waals surface area contributed by atoms with Crippen LogP contribution in [0.5, 0.6) is 0 Å². The van der Waals surface area contributed by atoms with Crippen molar-refractivity contribution in [1.82, 2.24) is 5.01 Å². The van der Waals surface area contributed by atoms with Crippen LogP contribution in [0.15, 0.2) is 5.29 Å². The van der Waals surface area contributed by atoms with Gasteiger partial charge in [0.1, 0.15) is 0 Å². The fraction of sp³-hybridized carbons (Fsp3) is 0.962. The summed E-state index contributed by atoms with van der Waals surface area (Å²) < 4.78 is 30.8. The molecule has 4 rings (SSSR count). The highest BCUT2D eigenvalue weighted by Crippen LogP contribution is 2.68. The number of aliphatic hydroxyl groups is 3. The van der Waals surface area contributed by atoms with Gasteiger partial charge < -0.3 is 15.3 Å². The number of hydrogen-bond donors (Lipinski definition) is 4. The number of carbonyl (C=O) groups excluding carboxylic acids is 1. The molecule has 0 spiro atoms. The summed E-state index contributed by atoms with van der Waals surface area (Å²) in [6.45, 7) is 6.01. The first kappa shape index (κ1) is 28.9. The molecular weight excluding hydrogens is 500 g/mol. The molecule has 10 nitrogen and oxygen atoms in total. The van der Waals surface area contributed by atoms with Crippen molar-refractivity contribution in [2.75, 3.05) is 12.3 Å². The summed E-state index contributed by atoms with van der Waals surface area (Å²) in [6, 6.07) is 0. The van der Waals surface area contributed by atoms with Crippen LogP contribution in [-0.2, 0) is 14.9 Å². The maximum atomic E-state index is 12.5. The third kappa shape index (κ3) is 5.23. The topological polar surface area (TPSA) is 165 Å². The Morgan fingerprint density at radius 2 is 1.78 bits per heavy atom. The van der Waals surface area contributed by atoms with Gasteiger partial charge in [-0.2, -0.15) is 13.4 Å². The highest BCUT2D eigenvalue weighted by Gasteiger charge is 2.65. The summed E-state index contributed by atoms with van der Waals surface area (Å²) in [5, 5.41) is 36.5. The number of amides is 1. The minimum atomic E-state index is -4.32. The number of rotatable bonds is 8. The Balaban J connectivity index is 1.45. The van der Waals surface area contributed by atoms with Gasteiger partial charge in [-0.15, -0.1) is 4.91 Å². The lowest BCUT2D eigenvalue weighted by Crippen LogP contribution is -2.62. The van der Waals surface area contributed by atoms with Crippen LogP contribution in [-0.4, -0.2) is 69.8 Å². The van der Waals surface area contributed by atoms with Crippen molar-refractivity contribution in [3.63, 3.8) is 0 Å². The van der Waals surface area contributed by atoms with E-state index in [-0.39, 0.29) is 53.4 Å². The summed E-state index contributed by atoms with van der Waals surface area (Å²) in [7, 11) is -4.32. The molecule has 11 heteroatoms. The van der Waals surface area contributed by atoms with Gasteiger partial charge in [-0.3, -0.25) is 9.35 Å². The standard InChI is InChI=1S/C26H44N2O8S/c1-15(4-7-23(32)28(27-33)10-11-37(34,35)36)18-5-6-19-24-20(14-22(31)26(18,19)3)25(2)9-8-17(29)12-16(25)13-21(24)30/h15-22,24,29-31H,4-14H2,1-3H3,(H,34,35,36)/t15-,16+,17-,18-,19+,20+,21-,22+,24+,25+,26-/m1/s1. The van der Waals surface area contributed by atoms with E-state index >= 15 is 0 Å². The second-order valence-electron chi connectivity index (χ2n) is 12.9. The van der Waals surface area contributed by atoms with Gasteiger partial charge in [0.2, 0.25) is 5.91 Å². The van der Waals surface area contributed by atoms with E-state index < -0.39 is 45.9 Å². The van der Waals surface area contributed by atoms with Crippen molar-refractivity contribution in [1.29, 1.82) is 0 Å². The van der Waals surface area contributed by atoms with E-state index in [1.807, 2.05) is 0 Å². The summed E-state index contributed by atoms with van der Waals surface area (Å²) >= 11 is 0. The van der Waals surface area contributed by atoms with Crippen LogP contribution in [0.1, 0.15) is 78.6 Å². The van der Waals surface area contributed by atoms with Crippen LogP contribution in [0, 0.1) is 51.2 Å². The SMILES string of the molecule is C[C@H](CCC(=O)N(CCS(=O)(=O)O)N=O)[C@H]1CC[C@H]2[C@@H]3[C@H](O)C[C@@H]4C[C@H](O)CC[C@]4(C)[C@H]3C[C@H](O)[C@]12C. The third-order valence-electron chi connectivity index (χ3n) is 11.3. The number of carbonyl (C=O) groups is 1. The first-order valence-corrected chi connectivity index (χ1v) is 15.5. The fourth-order valence-corrected chi connectivity index (χ4v) is 9.63. The molecule has 0 heterocycles. The number of nitroso groups, excluding NO2 is 1. The van der Waals surface area contributed by atoms with Gasteiger partial charge in [0.15, 0.2) is 0 Å². The molecule has 0 saturated heterocycles. The molecule has 4 saturated carbocycles. The molecule has 4 fully saturated rings. The smallest absolute Gasteiger partial charge is 0.266 e. The fourth-order valence-electron chi connectivity index (χ4n) is 9.23. The zero-order chi connectivity index (χ0) is 27.3. The molecule has 0 unspecified atom stereocenters. The molecule has 1 amide bonds. The van der Waals surface area contributed by atoms with Crippen LogP contribution in [0.4, 0.5) is 0 Å². The first-order chi connectivity index (χ1) is 17.2. The predicted octanol–water partition coefficient (Wildman–Crippen LogP) is 2.76. The van der Waals surface area contributed by atoms with Gasteiger partial charge in [0.05, 0.1) is 35.9 Å². The van der Waals surface area contributed by atoms with Crippen molar-refractivity contribution in [2.24, 2.45) is 51.6 Å². The van der Waals surface area contributed by atoms with Crippen molar-refractivity contribution in [3.05, 3.63) is 4.91 Å². The Labute approximate surface area is 219 Å². The lowest BCUT2D eigenvalue weighted by atomic mass is 9.43. The van der Waals surface area contributed by atoms with Crippen LogP contribution >= 0.6 is 0 Å². The average molecular weight is 545 g/mol. The van der Waals surface area contributed by atoms with Gasteiger partial charge in [-0.05, 0) is 97.7 Å². The van der Waals surface area contributed by atoms with Crippen LogP contribution < -0.4 is 0 Å². The number of fused-ring (bicyclic) bond motifs is 5. The molecule has 0 aromatic heterocycles. The minimum absolute atomic E-state index is 0.00883. The number of aliphatic hydroxyl groups excluding tert-OH is 3. The molecule has 0 aromatic carbocycles. The molecule has 4 N–H and O–H groups in total. The van der Waals surface area contributed by atoms with Gasteiger partial charge >= 0.3 is 0 Å². The van der Waals surface area contributed by atoms with Crippen molar-refractivity contribution >= 4 is 16.0 Å². The second-order valence-corrected chi connectivity index (χ2v) is 14.5. The van der Waals surface area contributed by atoms with E-state index in [0.29, 0.717) is 24.3 Å². The van der Waals surface area contributed by atoms with Gasteiger partial charge in [0, 0.05) is 6.42 Å². The number of hydrogen-bond acceptors (Lipinski definition) is 8. The lowest BCUT2D eigenvalue weighted by molar-refractivity contribution is -0.207. The van der Waals surface area contributed by atoms with E-state index in [4.69, 9.17) is 4.55 Å². The maximum Gasteiger partial charge on any atom is 0.266 e. The van der Waals surface area contributed by atoms with E-state index in [2.05, 4.69) is 26.1 Å². The molecule has 0 radical (unpaired) electrons. The van der Waals surface area contributed by atoms with Crippen LogP contribution in [0.3, 0.4) is 0 Å². The van der Waals surface area contributed by atoms with Crippen LogP contribution in [0.25, 0.3) is 0 Å². The van der Waals surface area contributed by atoms with E-state index in [9.17, 15) is 33.4 Å². The average Bonchev–Trinajstić information content (AvgIpc) is 3.17. The Morgan fingerprint density at radius 3 is 2.43 bits per heavy atom. The Hall–Kier alpha value is -1.14. The van der Waals surface area contributed by atoms with E-state index in [1.165, 1.54) is 0 Å². The predicted molar refractivity (Wildman–Crippen MR) is 136 cm³/mol. The summed E-state index contributed by atoms with van der Waals surface area (Å²) in [6.07, 6.45) is 4.75. The summed E-state index contributed by atoms with van der Waals surface area (Å²) in [5.74, 6) is -0.370. The largest absolute Gasteiger partial charge is 0.393 e. The normalized spacial score (nSPS) is 44.3. The molecular formula is C26H44N2O8S. The van der Waals surface area contributed by atoms with E-state index in [0.717, 1.165) is 32.1 Å². The Morgan fingerprint density at radius 1 is 1.08 bits per heavy atom. The third-order valence-corrected chi connectivity index (χ3v) is 12.0. The van der Waals surface area contributed by atoms with E-state index in [1.54, 1.807) is 0 Å². The summed E-state index contributed by atoms with van der Waals surface area (Å²) in [4.78, 5) is 23.6. The minimum Gasteiger partial charge on any atom is -0.393 e. The zero-order valence-corrected chi connectivity index (χ0v) is 23.0. The van der Waals surface area contributed by atoms with Gasteiger partial charge in [0.25, 0.3) is 10.1 Å². The number of nitrogens with zero attached hydrogens (tertiary/aromatic N) is 2. The monoisotopic (exact) mass is 544 g/mol. The van der Waals surface area contributed by atoms with Crippen molar-refractivity contribution in [2.45, 2.75) is 96.9 Å². The molecule has 0 aromatic rings. The second kappa shape index (κ2) is 10.4.